The predicted molar refractivity (Wildman–Crippen MR) is 127 cm³/mol. The summed E-state index contributed by atoms with van der Waals surface area (Å²) in [5, 5.41) is 20.4. The van der Waals surface area contributed by atoms with Crippen LogP contribution in [0.15, 0.2) is 30.5 Å². The van der Waals surface area contributed by atoms with Gasteiger partial charge >= 0.3 is 0 Å². The standard InChI is InChI=1S/C27H42O5/c1-17-6-9-23(24-16-32-19(3)7-10-22(17)24)20(4)25(29)12-13-31-26-11-8-21(14-18(2)28)15-27(26)30-5/h8,11,15,17,19-20,22-25,28-29H,2,6-7,9-10,12-14,16H2,1,3-5H3/t17-,19?,20-,22+,23+,24?,25-/m1/s1. The highest BCUT2D eigenvalue weighted by atomic mass is 16.5. The molecule has 0 bridgehead atoms. The molecule has 5 heteroatoms. The van der Waals surface area contributed by atoms with Crippen LogP contribution in [0.4, 0.5) is 0 Å². The highest BCUT2D eigenvalue weighted by Crippen LogP contribution is 2.46. The fourth-order valence-electron chi connectivity index (χ4n) is 5.82. The first-order chi connectivity index (χ1) is 15.3. The van der Waals surface area contributed by atoms with Crippen LogP contribution in [0, 0.1) is 29.6 Å². The molecule has 32 heavy (non-hydrogen) atoms. The first-order valence-corrected chi connectivity index (χ1v) is 12.3. The number of fused-ring (bicyclic) bond motifs is 1. The maximum Gasteiger partial charge on any atom is 0.161 e. The molecular formula is C27H42O5. The Morgan fingerprint density at radius 2 is 1.94 bits per heavy atom. The lowest BCUT2D eigenvalue weighted by molar-refractivity contribution is -0.0372. The molecule has 1 aliphatic carbocycles. The highest BCUT2D eigenvalue weighted by molar-refractivity contribution is 5.43. The second kappa shape index (κ2) is 11.4. The number of methoxy groups -OCH3 is 1. The maximum atomic E-state index is 11.0. The Kier molecular flexibility index (Phi) is 8.89. The summed E-state index contributed by atoms with van der Waals surface area (Å²) >= 11 is 0. The second-order valence-electron chi connectivity index (χ2n) is 10.1. The van der Waals surface area contributed by atoms with Gasteiger partial charge in [-0.2, -0.15) is 0 Å². The van der Waals surface area contributed by atoms with E-state index in [1.54, 1.807) is 7.11 Å². The Bertz CT molecular complexity index is 748. The number of allylic oxidation sites excluding steroid dienone is 1. The van der Waals surface area contributed by atoms with Crippen LogP contribution in [0.25, 0.3) is 0 Å². The van der Waals surface area contributed by atoms with Gasteiger partial charge in [0.2, 0.25) is 0 Å². The zero-order valence-electron chi connectivity index (χ0n) is 20.3. The number of hydrogen-bond acceptors (Lipinski definition) is 5. The largest absolute Gasteiger partial charge is 0.513 e. The Balaban J connectivity index is 1.56. The van der Waals surface area contributed by atoms with E-state index < -0.39 is 6.10 Å². The Labute approximate surface area is 193 Å². The van der Waals surface area contributed by atoms with Crippen molar-refractivity contribution < 1.29 is 24.4 Å². The molecule has 2 fully saturated rings. The molecule has 0 spiro atoms. The lowest BCUT2D eigenvalue weighted by Gasteiger charge is -2.44. The van der Waals surface area contributed by atoms with E-state index in [0.717, 1.165) is 24.5 Å². The number of aliphatic hydroxyl groups is 2. The minimum atomic E-state index is -0.405. The van der Waals surface area contributed by atoms with E-state index in [4.69, 9.17) is 14.2 Å². The van der Waals surface area contributed by atoms with E-state index in [9.17, 15) is 10.2 Å². The van der Waals surface area contributed by atoms with Gasteiger partial charge in [-0.15, -0.1) is 0 Å². The molecule has 1 saturated carbocycles. The minimum Gasteiger partial charge on any atom is -0.513 e. The Hall–Kier alpha value is -1.72. The van der Waals surface area contributed by atoms with Gasteiger partial charge < -0.3 is 24.4 Å². The third-order valence-corrected chi connectivity index (χ3v) is 7.86. The lowest BCUT2D eigenvalue weighted by Crippen LogP contribution is -2.41. The van der Waals surface area contributed by atoms with Crippen molar-refractivity contribution in [2.24, 2.45) is 29.6 Å². The van der Waals surface area contributed by atoms with Gasteiger partial charge in [0.05, 0.1) is 38.3 Å². The van der Waals surface area contributed by atoms with Gasteiger partial charge in [0.1, 0.15) is 0 Å². The molecule has 1 saturated heterocycles. The zero-order valence-corrected chi connectivity index (χ0v) is 20.3. The summed E-state index contributed by atoms with van der Waals surface area (Å²) < 4.78 is 17.5. The molecule has 5 nitrogen and oxygen atoms in total. The van der Waals surface area contributed by atoms with Crippen molar-refractivity contribution in [2.75, 3.05) is 20.3 Å². The fraction of sp³-hybridized carbons (Fsp3) is 0.704. The molecule has 0 amide bonds. The van der Waals surface area contributed by atoms with Crippen LogP contribution >= 0.6 is 0 Å². The van der Waals surface area contributed by atoms with Crippen LogP contribution in [0.5, 0.6) is 11.5 Å². The maximum absolute atomic E-state index is 11.0. The van der Waals surface area contributed by atoms with Crippen LogP contribution in [0.3, 0.4) is 0 Å². The molecule has 0 radical (unpaired) electrons. The number of benzene rings is 1. The van der Waals surface area contributed by atoms with Gasteiger partial charge in [-0.3, -0.25) is 0 Å². The van der Waals surface area contributed by atoms with Gasteiger partial charge in [-0.1, -0.05) is 32.9 Å². The summed E-state index contributed by atoms with van der Waals surface area (Å²) in [7, 11) is 1.60. The van der Waals surface area contributed by atoms with Crippen LogP contribution < -0.4 is 9.47 Å². The van der Waals surface area contributed by atoms with Crippen molar-refractivity contribution in [3.63, 3.8) is 0 Å². The third-order valence-electron chi connectivity index (χ3n) is 7.86. The van der Waals surface area contributed by atoms with Gasteiger partial charge in [-0.05, 0) is 73.5 Å². The predicted octanol–water partition coefficient (Wildman–Crippen LogP) is 5.55. The first kappa shape index (κ1) is 24.9. The summed E-state index contributed by atoms with van der Waals surface area (Å²) in [4.78, 5) is 0. The molecule has 0 aromatic heterocycles. The Morgan fingerprint density at radius 1 is 1.16 bits per heavy atom. The van der Waals surface area contributed by atoms with Crippen molar-refractivity contribution in [1.29, 1.82) is 0 Å². The summed E-state index contributed by atoms with van der Waals surface area (Å²) in [6.45, 7) is 11.6. The number of rotatable bonds is 9. The van der Waals surface area contributed by atoms with Crippen molar-refractivity contribution in [3.8, 4) is 11.5 Å². The molecule has 1 aliphatic heterocycles. The second-order valence-corrected chi connectivity index (χ2v) is 10.1. The van der Waals surface area contributed by atoms with Gasteiger partial charge in [0.15, 0.2) is 11.5 Å². The van der Waals surface area contributed by atoms with Crippen LogP contribution in [0.1, 0.15) is 58.4 Å². The first-order valence-electron chi connectivity index (χ1n) is 12.3. The topological polar surface area (TPSA) is 68.2 Å². The molecule has 2 N–H and O–H groups in total. The van der Waals surface area contributed by atoms with Crippen molar-refractivity contribution in [3.05, 3.63) is 36.1 Å². The smallest absolute Gasteiger partial charge is 0.161 e. The van der Waals surface area contributed by atoms with E-state index in [1.165, 1.54) is 19.3 Å². The highest BCUT2D eigenvalue weighted by Gasteiger charge is 2.42. The minimum absolute atomic E-state index is 0.116. The summed E-state index contributed by atoms with van der Waals surface area (Å²) in [5.41, 5.74) is 0.913. The van der Waals surface area contributed by atoms with E-state index >= 15 is 0 Å². The monoisotopic (exact) mass is 446 g/mol. The molecule has 180 valence electrons. The van der Waals surface area contributed by atoms with Crippen LogP contribution in [0.2, 0.25) is 0 Å². The number of aliphatic hydroxyl groups excluding tert-OH is 2. The Morgan fingerprint density at radius 3 is 2.66 bits per heavy atom. The lowest BCUT2D eigenvalue weighted by atomic mass is 9.62. The molecule has 1 aromatic rings. The average Bonchev–Trinajstić information content (AvgIpc) is 2.96. The number of ether oxygens (including phenoxy) is 3. The normalized spacial score (nSPS) is 30.0. The average molecular weight is 447 g/mol. The summed E-state index contributed by atoms with van der Waals surface area (Å²) in [6.07, 6.45) is 5.72. The third kappa shape index (κ3) is 6.20. The molecule has 3 rings (SSSR count). The summed E-state index contributed by atoms with van der Waals surface area (Å²) in [5.74, 6) is 4.11. The molecule has 7 atom stereocenters. The molecule has 1 heterocycles. The van der Waals surface area contributed by atoms with Crippen molar-refractivity contribution >= 4 is 0 Å². The quantitative estimate of drug-likeness (QED) is 0.487. The molecular weight excluding hydrogens is 404 g/mol. The van der Waals surface area contributed by atoms with E-state index in [2.05, 4.69) is 27.4 Å². The number of hydrogen-bond donors (Lipinski definition) is 2. The van der Waals surface area contributed by atoms with Gasteiger partial charge in [-0.25, -0.2) is 0 Å². The zero-order chi connectivity index (χ0) is 23.3. The van der Waals surface area contributed by atoms with Crippen molar-refractivity contribution in [1.82, 2.24) is 0 Å². The fourth-order valence-corrected chi connectivity index (χ4v) is 5.82. The summed E-state index contributed by atoms with van der Waals surface area (Å²) in [6, 6.07) is 5.60. The van der Waals surface area contributed by atoms with E-state index in [1.807, 2.05) is 18.2 Å². The van der Waals surface area contributed by atoms with E-state index in [0.29, 0.717) is 54.8 Å². The molecule has 2 unspecified atom stereocenters. The van der Waals surface area contributed by atoms with Gasteiger partial charge in [0, 0.05) is 12.8 Å². The van der Waals surface area contributed by atoms with E-state index in [-0.39, 0.29) is 11.7 Å². The van der Waals surface area contributed by atoms with Crippen molar-refractivity contribution in [2.45, 2.75) is 71.5 Å². The molecule has 2 aliphatic rings. The SMILES string of the molecule is C=C(O)Cc1ccc(OCC[C@@H](O)[C@H](C)[C@@H]2CC[C@@H](C)[C@@H]3CCC(C)OCC23)c(OC)c1. The van der Waals surface area contributed by atoms with Crippen LogP contribution in [-0.4, -0.2) is 42.7 Å². The molecule has 1 aromatic carbocycles. The van der Waals surface area contributed by atoms with Crippen LogP contribution in [-0.2, 0) is 11.2 Å². The van der Waals surface area contributed by atoms with Gasteiger partial charge in [0.25, 0.3) is 0 Å².